The predicted octanol–water partition coefficient (Wildman–Crippen LogP) is 0.255. The van der Waals surface area contributed by atoms with Crippen molar-refractivity contribution in [2.24, 2.45) is 47.0 Å². The fourth-order valence-corrected chi connectivity index (χ4v) is 4.79. The first kappa shape index (κ1) is 10.1. The van der Waals surface area contributed by atoms with Gasteiger partial charge in [-0.2, -0.15) is 0 Å². The smallest absolute Gasteiger partial charge is 0.220 e. The van der Waals surface area contributed by atoms with Gasteiger partial charge >= 0.3 is 0 Å². The van der Waals surface area contributed by atoms with Crippen LogP contribution in [-0.4, -0.2) is 11.8 Å². The molecule has 3 saturated carbocycles. The van der Waals surface area contributed by atoms with Gasteiger partial charge in [-0.15, -0.1) is 0 Å². The maximum Gasteiger partial charge on any atom is 0.220 e. The van der Waals surface area contributed by atoms with E-state index in [1.54, 1.807) is 0 Å². The molecule has 3 fully saturated rings. The van der Waals surface area contributed by atoms with Crippen molar-refractivity contribution in [1.29, 1.82) is 0 Å². The summed E-state index contributed by atoms with van der Waals surface area (Å²) in [4.78, 5) is 22.7. The third-order valence-corrected chi connectivity index (χ3v) is 5.24. The van der Waals surface area contributed by atoms with Crippen LogP contribution in [0.15, 0.2) is 0 Å². The first-order valence-electron chi connectivity index (χ1n) is 6.18. The van der Waals surface area contributed by atoms with Crippen LogP contribution in [0.1, 0.15) is 25.7 Å². The van der Waals surface area contributed by atoms with Gasteiger partial charge in [0.2, 0.25) is 11.8 Å². The number of carbonyl (C=O) groups is 2. The Morgan fingerprint density at radius 1 is 0.875 bits per heavy atom. The normalized spacial score (nSPS) is 49.2. The average Bonchev–Trinajstić information content (AvgIpc) is 2.87. The Labute approximate surface area is 94.7 Å². The van der Waals surface area contributed by atoms with Crippen molar-refractivity contribution < 1.29 is 9.59 Å². The molecule has 88 valence electrons. The Morgan fingerprint density at radius 2 is 1.56 bits per heavy atom. The molecule has 3 aliphatic carbocycles. The summed E-state index contributed by atoms with van der Waals surface area (Å²) in [6.45, 7) is 0. The van der Waals surface area contributed by atoms with Gasteiger partial charge in [0.1, 0.15) is 0 Å². The minimum Gasteiger partial charge on any atom is -0.369 e. The summed E-state index contributed by atoms with van der Waals surface area (Å²) in [7, 11) is 0. The molecule has 6 atom stereocenters. The number of rotatable bonds is 2. The lowest BCUT2D eigenvalue weighted by atomic mass is 9.73. The van der Waals surface area contributed by atoms with E-state index in [-0.39, 0.29) is 23.7 Å². The van der Waals surface area contributed by atoms with Gasteiger partial charge in [0, 0.05) is 11.8 Å². The molecular weight excluding hydrogens is 204 g/mol. The zero-order valence-electron chi connectivity index (χ0n) is 9.26. The lowest BCUT2D eigenvalue weighted by molar-refractivity contribution is -0.125. The number of carbonyl (C=O) groups excluding carboxylic acids is 2. The van der Waals surface area contributed by atoms with Crippen LogP contribution in [-0.2, 0) is 9.59 Å². The van der Waals surface area contributed by atoms with E-state index in [2.05, 4.69) is 0 Å². The minimum absolute atomic E-state index is 0.0637. The highest BCUT2D eigenvalue weighted by Crippen LogP contribution is 2.62. The molecule has 0 radical (unpaired) electrons. The van der Waals surface area contributed by atoms with Crippen LogP contribution in [0.5, 0.6) is 0 Å². The second-order valence-electron chi connectivity index (χ2n) is 5.73. The highest BCUT2D eigenvalue weighted by molar-refractivity contribution is 5.79. The van der Waals surface area contributed by atoms with Gasteiger partial charge in [-0.1, -0.05) is 0 Å². The Hall–Kier alpha value is -1.06. The molecule has 0 saturated heterocycles. The van der Waals surface area contributed by atoms with Crippen molar-refractivity contribution in [3.05, 3.63) is 0 Å². The SMILES string of the molecule is NC(=O)C1CC2CC1C1CCC(C(N)=O)C21. The molecule has 0 aromatic carbocycles. The highest BCUT2D eigenvalue weighted by atomic mass is 16.1. The molecule has 2 amide bonds. The molecule has 3 rings (SSSR count). The molecule has 0 aromatic heterocycles. The van der Waals surface area contributed by atoms with Gasteiger partial charge in [0.05, 0.1) is 0 Å². The zero-order valence-corrected chi connectivity index (χ0v) is 9.26. The van der Waals surface area contributed by atoms with Crippen molar-refractivity contribution in [3.63, 3.8) is 0 Å². The first-order chi connectivity index (χ1) is 7.59. The van der Waals surface area contributed by atoms with E-state index < -0.39 is 0 Å². The molecule has 2 bridgehead atoms. The summed E-state index contributed by atoms with van der Waals surface area (Å²) in [5, 5.41) is 0. The van der Waals surface area contributed by atoms with Gasteiger partial charge in [-0.05, 0) is 49.4 Å². The molecule has 0 aliphatic heterocycles. The van der Waals surface area contributed by atoms with Gasteiger partial charge < -0.3 is 11.5 Å². The summed E-state index contributed by atoms with van der Waals surface area (Å²) >= 11 is 0. The maximum atomic E-state index is 11.4. The van der Waals surface area contributed by atoms with Crippen molar-refractivity contribution >= 4 is 11.8 Å². The van der Waals surface area contributed by atoms with Crippen LogP contribution in [0.3, 0.4) is 0 Å². The lowest BCUT2D eigenvalue weighted by Crippen LogP contribution is -2.37. The molecular formula is C12H18N2O2. The third-order valence-electron chi connectivity index (χ3n) is 5.24. The molecule has 0 heterocycles. The van der Waals surface area contributed by atoms with Gasteiger partial charge in [-0.3, -0.25) is 9.59 Å². The quantitative estimate of drug-likeness (QED) is 0.702. The molecule has 4 N–H and O–H groups in total. The Balaban J connectivity index is 1.83. The van der Waals surface area contributed by atoms with E-state index >= 15 is 0 Å². The maximum absolute atomic E-state index is 11.4. The summed E-state index contributed by atoms with van der Waals surface area (Å²) in [5.41, 5.74) is 10.9. The molecule has 16 heavy (non-hydrogen) atoms. The van der Waals surface area contributed by atoms with Crippen molar-refractivity contribution in [3.8, 4) is 0 Å². The summed E-state index contributed by atoms with van der Waals surface area (Å²) in [6.07, 6.45) is 3.96. The number of hydrogen-bond acceptors (Lipinski definition) is 2. The standard InChI is InChI=1S/C12H18N2O2/c13-11(15)7-2-1-6-8-3-5(10(6)7)4-9(8)12(14)16/h5-10H,1-4H2,(H2,13,15)(H2,14,16). The van der Waals surface area contributed by atoms with E-state index in [9.17, 15) is 9.59 Å². The van der Waals surface area contributed by atoms with Gasteiger partial charge in [-0.25, -0.2) is 0 Å². The van der Waals surface area contributed by atoms with Crippen molar-refractivity contribution in [1.82, 2.24) is 0 Å². The predicted molar refractivity (Wildman–Crippen MR) is 57.8 cm³/mol. The molecule has 6 unspecified atom stereocenters. The topological polar surface area (TPSA) is 86.2 Å². The summed E-state index contributed by atoms with van der Waals surface area (Å²) in [5.74, 6) is 1.80. The van der Waals surface area contributed by atoms with E-state index in [1.165, 1.54) is 0 Å². The molecule has 3 aliphatic rings. The molecule has 4 nitrogen and oxygen atoms in total. The van der Waals surface area contributed by atoms with Crippen LogP contribution in [0, 0.1) is 35.5 Å². The third kappa shape index (κ3) is 1.16. The van der Waals surface area contributed by atoms with Crippen LogP contribution < -0.4 is 11.5 Å². The number of fused-ring (bicyclic) bond motifs is 5. The average molecular weight is 222 g/mol. The van der Waals surface area contributed by atoms with E-state index in [4.69, 9.17) is 11.5 Å². The Bertz CT molecular complexity index is 355. The van der Waals surface area contributed by atoms with E-state index in [1.807, 2.05) is 0 Å². The summed E-state index contributed by atoms with van der Waals surface area (Å²) in [6, 6.07) is 0. The molecule has 0 aromatic rings. The summed E-state index contributed by atoms with van der Waals surface area (Å²) < 4.78 is 0. The number of hydrogen-bond donors (Lipinski definition) is 2. The highest BCUT2D eigenvalue weighted by Gasteiger charge is 2.59. The number of primary amides is 2. The van der Waals surface area contributed by atoms with Crippen LogP contribution in [0.2, 0.25) is 0 Å². The second kappa shape index (κ2) is 3.22. The monoisotopic (exact) mass is 222 g/mol. The number of amides is 2. The fourth-order valence-electron chi connectivity index (χ4n) is 4.79. The minimum atomic E-state index is -0.145. The van der Waals surface area contributed by atoms with E-state index in [0.29, 0.717) is 23.7 Å². The van der Waals surface area contributed by atoms with Crippen LogP contribution >= 0.6 is 0 Å². The first-order valence-corrected chi connectivity index (χ1v) is 6.18. The second-order valence-corrected chi connectivity index (χ2v) is 5.73. The van der Waals surface area contributed by atoms with Gasteiger partial charge in [0.25, 0.3) is 0 Å². The molecule has 4 heteroatoms. The van der Waals surface area contributed by atoms with Crippen LogP contribution in [0.4, 0.5) is 0 Å². The van der Waals surface area contributed by atoms with E-state index in [0.717, 1.165) is 25.7 Å². The van der Waals surface area contributed by atoms with Crippen molar-refractivity contribution in [2.75, 3.05) is 0 Å². The van der Waals surface area contributed by atoms with Gasteiger partial charge in [0.15, 0.2) is 0 Å². The Morgan fingerprint density at radius 3 is 2.19 bits per heavy atom. The molecule has 0 spiro atoms. The Kier molecular flexibility index (Phi) is 2.03. The lowest BCUT2D eigenvalue weighted by Gasteiger charge is -2.31. The number of nitrogens with two attached hydrogens (primary N) is 2. The largest absolute Gasteiger partial charge is 0.369 e. The fraction of sp³-hybridized carbons (Fsp3) is 0.833. The van der Waals surface area contributed by atoms with Crippen LogP contribution in [0.25, 0.3) is 0 Å². The zero-order chi connectivity index (χ0) is 11.4. The van der Waals surface area contributed by atoms with Crippen molar-refractivity contribution in [2.45, 2.75) is 25.7 Å².